The van der Waals surface area contributed by atoms with Crippen molar-refractivity contribution in [3.8, 4) is 0 Å². The minimum absolute atomic E-state index is 0. The van der Waals surface area contributed by atoms with Gasteiger partial charge in [0.15, 0.2) is 5.96 Å². The Labute approximate surface area is 132 Å². The van der Waals surface area contributed by atoms with E-state index in [1.165, 1.54) is 36.2 Å². The highest BCUT2D eigenvalue weighted by atomic mass is 127. The van der Waals surface area contributed by atoms with Gasteiger partial charge in [-0.2, -0.15) is 0 Å². The minimum Gasteiger partial charge on any atom is -0.370 e. The molecule has 1 aliphatic heterocycles. The van der Waals surface area contributed by atoms with Crippen LogP contribution in [-0.2, 0) is 10.0 Å². The number of aliphatic imine (C=N–C) groups is 1. The second kappa shape index (κ2) is 7.07. The van der Waals surface area contributed by atoms with Crippen molar-refractivity contribution < 1.29 is 8.42 Å². The van der Waals surface area contributed by atoms with Crippen LogP contribution in [0.2, 0.25) is 0 Å². The Morgan fingerprint density at radius 2 is 1.95 bits per heavy atom. The van der Waals surface area contributed by atoms with Crippen LogP contribution < -0.4 is 11.1 Å². The number of nitrogens with two attached hydrogens (primary N) is 1. The van der Waals surface area contributed by atoms with E-state index in [0.29, 0.717) is 37.6 Å². The lowest BCUT2D eigenvalue weighted by atomic mass is 10.0. The van der Waals surface area contributed by atoms with Crippen molar-refractivity contribution in [2.24, 2.45) is 16.6 Å². The van der Waals surface area contributed by atoms with Gasteiger partial charge in [0, 0.05) is 31.6 Å². The maximum atomic E-state index is 11.2. The quantitative estimate of drug-likeness (QED) is 0.404. The first-order valence-electron chi connectivity index (χ1n) is 6.47. The molecule has 8 heteroatoms. The number of guanidine groups is 1. The zero-order valence-electron chi connectivity index (χ0n) is 11.2. The molecular formula is C11H23IN4O2S. The summed E-state index contributed by atoms with van der Waals surface area (Å²) in [4.78, 5) is 4.29. The van der Waals surface area contributed by atoms with Crippen molar-refractivity contribution in [1.82, 2.24) is 9.62 Å². The number of sulfonamides is 1. The van der Waals surface area contributed by atoms with Gasteiger partial charge in [0.1, 0.15) is 0 Å². The van der Waals surface area contributed by atoms with Gasteiger partial charge in [-0.25, -0.2) is 12.7 Å². The molecule has 0 bridgehead atoms. The van der Waals surface area contributed by atoms with Crippen LogP contribution in [0.1, 0.15) is 25.7 Å². The number of nitrogens with one attached hydrogen (secondary N) is 1. The van der Waals surface area contributed by atoms with Crippen molar-refractivity contribution in [3.05, 3.63) is 0 Å². The van der Waals surface area contributed by atoms with Crippen molar-refractivity contribution in [3.63, 3.8) is 0 Å². The Morgan fingerprint density at radius 3 is 2.47 bits per heavy atom. The highest BCUT2D eigenvalue weighted by molar-refractivity contribution is 14.0. The highest BCUT2D eigenvalue weighted by Crippen LogP contribution is 2.19. The smallest absolute Gasteiger partial charge is 0.211 e. The lowest BCUT2D eigenvalue weighted by molar-refractivity contribution is 0.209. The van der Waals surface area contributed by atoms with Crippen LogP contribution in [0.5, 0.6) is 0 Å². The summed E-state index contributed by atoms with van der Waals surface area (Å²) in [5.41, 5.74) is 5.81. The summed E-state index contributed by atoms with van der Waals surface area (Å²) in [6.45, 7) is 1.75. The van der Waals surface area contributed by atoms with Gasteiger partial charge >= 0.3 is 0 Å². The Kier molecular flexibility index (Phi) is 6.31. The molecule has 0 aromatic carbocycles. The van der Waals surface area contributed by atoms with Crippen LogP contribution in [0.15, 0.2) is 4.99 Å². The van der Waals surface area contributed by atoms with Crippen molar-refractivity contribution in [1.29, 1.82) is 0 Å². The zero-order valence-corrected chi connectivity index (χ0v) is 14.4. The molecule has 0 unspecified atom stereocenters. The molecule has 0 radical (unpaired) electrons. The molecule has 1 saturated carbocycles. The van der Waals surface area contributed by atoms with Crippen LogP contribution in [-0.4, -0.2) is 50.6 Å². The largest absolute Gasteiger partial charge is 0.370 e. The van der Waals surface area contributed by atoms with Crippen molar-refractivity contribution in [2.45, 2.75) is 31.7 Å². The molecule has 112 valence electrons. The molecular weight excluding hydrogens is 379 g/mol. The first-order chi connectivity index (χ1) is 8.45. The Hall–Kier alpha value is -0.0900. The molecule has 0 aromatic heterocycles. The fourth-order valence-corrected chi connectivity index (χ4v) is 3.42. The first-order valence-corrected chi connectivity index (χ1v) is 8.31. The third-order valence-electron chi connectivity index (χ3n) is 3.62. The third-order valence-corrected chi connectivity index (χ3v) is 4.86. The van der Waals surface area contributed by atoms with E-state index in [0.717, 1.165) is 0 Å². The van der Waals surface area contributed by atoms with E-state index >= 15 is 0 Å². The highest BCUT2D eigenvalue weighted by Gasteiger charge is 2.32. The Morgan fingerprint density at radius 1 is 1.37 bits per heavy atom. The predicted molar refractivity (Wildman–Crippen MR) is 87.2 cm³/mol. The van der Waals surface area contributed by atoms with Crippen LogP contribution >= 0.6 is 24.0 Å². The number of hydrogen-bond acceptors (Lipinski definition) is 3. The number of rotatable bonds is 4. The molecule has 0 atom stereocenters. The number of halogens is 1. The second-order valence-corrected chi connectivity index (χ2v) is 7.28. The average molecular weight is 402 g/mol. The molecule has 0 aromatic rings. The summed E-state index contributed by atoms with van der Waals surface area (Å²) in [6.07, 6.45) is 6.10. The van der Waals surface area contributed by atoms with Crippen LogP contribution in [0.4, 0.5) is 0 Å². The first kappa shape index (κ1) is 17.0. The van der Waals surface area contributed by atoms with Gasteiger partial charge in [-0.15, -0.1) is 24.0 Å². The van der Waals surface area contributed by atoms with Crippen LogP contribution in [0.25, 0.3) is 0 Å². The molecule has 2 aliphatic rings. The zero-order chi connectivity index (χ0) is 13.2. The fourth-order valence-electron chi connectivity index (χ4n) is 2.46. The SMILES string of the molecule is CS(=O)(=O)N1CC(CN=C(N)NC2CCCC2)C1.I. The van der Waals surface area contributed by atoms with E-state index < -0.39 is 10.0 Å². The third kappa shape index (κ3) is 5.07. The number of hydrogen-bond donors (Lipinski definition) is 2. The molecule has 6 nitrogen and oxygen atoms in total. The van der Waals surface area contributed by atoms with Gasteiger partial charge in [0.2, 0.25) is 10.0 Å². The Bertz CT molecular complexity index is 414. The van der Waals surface area contributed by atoms with Gasteiger partial charge < -0.3 is 11.1 Å². The van der Waals surface area contributed by atoms with Crippen molar-refractivity contribution >= 4 is 40.0 Å². The maximum absolute atomic E-state index is 11.2. The van der Waals surface area contributed by atoms with Gasteiger partial charge in [-0.1, -0.05) is 12.8 Å². The summed E-state index contributed by atoms with van der Waals surface area (Å²) in [6, 6.07) is 0.475. The van der Waals surface area contributed by atoms with Gasteiger partial charge in [-0.3, -0.25) is 4.99 Å². The molecule has 2 rings (SSSR count). The van der Waals surface area contributed by atoms with E-state index in [1.807, 2.05) is 0 Å². The standard InChI is InChI=1S/C11H22N4O2S.HI/c1-18(16,17)15-7-9(8-15)6-13-11(12)14-10-4-2-3-5-10;/h9-10H,2-8H2,1H3,(H3,12,13,14);1H. The summed E-state index contributed by atoms with van der Waals surface area (Å²) in [5.74, 6) is 0.809. The molecule has 3 N–H and O–H groups in total. The molecule has 2 fully saturated rings. The summed E-state index contributed by atoms with van der Waals surface area (Å²) < 4.78 is 23.8. The summed E-state index contributed by atoms with van der Waals surface area (Å²) in [5, 5.41) is 3.22. The lowest BCUT2D eigenvalue weighted by Crippen LogP contribution is -2.51. The van der Waals surface area contributed by atoms with E-state index in [4.69, 9.17) is 5.73 Å². The monoisotopic (exact) mass is 402 g/mol. The van der Waals surface area contributed by atoms with Crippen LogP contribution in [0, 0.1) is 5.92 Å². The molecule has 1 aliphatic carbocycles. The van der Waals surface area contributed by atoms with E-state index in [1.54, 1.807) is 0 Å². The number of nitrogens with zero attached hydrogens (tertiary/aromatic N) is 2. The van der Waals surface area contributed by atoms with Gasteiger partial charge in [-0.05, 0) is 12.8 Å². The molecule has 19 heavy (non-hydrogen) atoms. The minimum atomic E-state index is -3.02. The maximum Gasteiger partial charge on any atom is 0.211 e. The molecule has 1 heterocycles. The lowest BCUT2D eigenvalue weighted by Gasteiger charge is -2.36. The van der Waals surface area contributed by atoms with Crippen LogP contribution in [0.3, 0.4) is 0 Å². The topological polar surface area (TPSA) is 87.8 Å². The predicted octanol–water partition coefficient (Wildman–Crippen LogP) is 0.343. The van der Waals surface area contributed by atoms with Gasteiger partial charge in [0.25, 0.3) is 0 Å². The second-order valence-electron chi connectivity index (χ2n) is 5.30. The van der Waals surface area contributed by atoms with E-state index in [-0.39, 0.29) is 24.0 Å². The Balaban J connectivity index is 0.00000180. The summed E-state index contributed by atoms with van der Waals surface area (Å²) >= 11 is 0. The van der Waals surface area contributed by atoms with E-state index in [2.05, 4.69) is 10.3 Å². The van der Waals surface area contributed by atoms with Gasteiger partial charge in [0.05, 0.1) is 6.26 Å². The average Bonchev–Trinajstić information content (AvgIpc) is 2.65. The molecule has 1 saturated heterocycles. The normalized spacial score (nSPS) is 22.9. The van der Waals surface area contributed by atoms with Crippen molar-refractivity contribution in [2.75, 3.05) is 25.9 Å². The molecule has 0 spiro atoms. The molecule has 0 amide bonds. The fraction of sp³-hybridized carbons (Fsp3) is 0.909. The van der Waals surface area contributed by atoms with E-state index in [9.17, 15) is 8.42 Å². The summed E-state index contributed by atoms with van der Waals surface area (Å²) in [7, 11) is -3.02.